The van der Waals surface area contributed by atoms with Gasteiger partial charge in [0.25, 0.3) is 11.8 Å². The summed E-state index contributed by atoms with van der Waals surface area (Å²) in [6.07, 6.45) is -11.9. The minimum Gasteiger partial charge on any atom is -0.459 e. The molecule has 4 heterocycles. The summed E-state index contributed by atoms with van der Waals surface area (Å²) in [6, 6.07) is 6.19. The van der Waals surface area contributed by atoms with Crippen LogP contribution in [0.2, 0.25) is 0 Å². The highest BCUT2D eigenvalue weighted by Gasteiger charge is 2.54. The van der Waals surface area contributed by atoms with Crippen molar-refractivity contribution in [2.24, 2.45) is 29.4 Å². The third kappa shape index (κ3) is 12.2. The Kier molecular flexibility index (Phi) is 19.7. The Morgan fingerprint density at radius 2 is 1.43 bits per heavy atom. The Labute approximate surface area is 403 Å². The Morgan fingerprint density at radius 1 is 0.851 bits per heavy atom. The van der Waals surface area contributed by atoms with Crippen molar-refractivity contribution in [1.82, 2.24) is 9.80 Å². The van der Waals surface area contributed by atoms with E-state index in [-0.39, 0.29) is 43.3 Å². The van der Waals surface area contributed by atoms with Gasteiger partial charge in [0.05, 0.1) is 77.0 Å². The van der Waals surface area contributed by atoms with Crippen LogP contribution in [0, 0.1) is 23.7 Å². The van der Waals surface area contributed by atoms with Crippen LogP contribution in [0.5, 0.6) is 0 Å². The summed E-state index contributed by atoms with van der Waals surface area (Å²) in [6.45, 7) is 16.0. The first-order chi connectivity index (χ1) is 31.1. The van der Waals surface area contributed by atoms with Crippen molar-refractivity contribution in [2.75, 3.05) is 33.4 Å². The van der Waals surface area contributed by atoms with Crippen molar-refractivity contribution in [2.45, 2.75) is 179 Å². The number of rotatable bonds is 10. The molecule has 3 saturated heterocycles. The summed E-state index contributed by atoms with van der Waals surface area (Å²) in [5, 5.41) is 58.1. The molecule has 2 amide bonds. The second-order valence-corrected chi connectivity index (χ2v) is 20.1. The highest BCUT2D eigenvalue weighted by molar-refractivity contribution is 9.09. The van der Waals surface area contributed by atoms with Crippen LogP contribution in [-0.2, 0) is 42.7 Å². The molecular formula is C47H76BrN3O16. The molecule has 0 aromatic heterocycles. The Balaban J connectivity index is 0.000000639. The van der Waals surface area contributed by atoms with E-state index >= 15 is 0 Å². The Hall–Kier alpha value is -2.54. The van der Waals surface area contributed by atoms with Crippen LogP contribution in [0.25, 0.3) is 0 Å². The summed E-state index contributed by atoms with van der Waals surface area (Å²) in [5.74, 6) is -5.64. The van der Waals surface area contributed by atoms with E-state index in [1.807, 2.05) is 0 Å². The number of ether oxygens (including phenoxy) is 7. The number of halogens is 1. The zero-order valence-corrected chi connectivity index (χ0v) is 42.7. The van der Waals surface area contributed by atoms with Crippen LogP contribution in [0.1, 0.15) is 109 Å². The summed E-state index contributed by atoms with van der Waals surface area (Å²) < 4.78 is 43.0. The molecular weight excluding hydrogens is 942 g/mol. The van der Waals surface area contributed by atoms with Gasteiger partial charge in [-0.3, -0.25) is 24.1 Å². The van der Waals surface area contributed by atoms with E-state index in [1.54, 1.807) is 91.7 Å². The number of methoxy groups -OCH3 is 1. The van der Waals surface area contributed by atoms with E-state index in [9.17, 15) is 44.7 Å². The summed E-state index contributed by atoms with van der Waals surface area (Å²) in [4.78, 5) is 54.0. The predicted octanol–water partition coefficient (Wildman–Crippen LogP) is 2.33. The summed E-state index contributed by atoms with van der Waals surface area (Å²) >= 11 is 3.10. The maximum atomic E-state index is 14.1. The Bertz CT molecular complexity index is 1820. The molecule has 0 unspecified atom stereocenters. The van der Waals surface area contributed by atoms with Gasteiger partial charge in [0.2, 0.25) is 0 Å². The van der Waals surface area contributed by atoms with Crippen molar-refractivity contribution < 1.29 is 77.9 Å². The normalized spacial score (nSPS) is 42.4. The Morgan fingerprint density at radius 3 is 1.94 bits per heavy atom. The SMILES string of the molecule is CC[C@H]1OC(=O)[C@H](C)[C@@H](O[C@H]2C[C@@](C)(OC)[C@@H](O)[C@H](C)O2)[C@H](C)[C@@H](O[C@@H]2O[C@H](C)[C@@H](OCN)[C@H](N(C)C)[C@H]2O)[C@](C)(O)C[C@@H](C)C(=O)[C@H](C)[C@@H](O)[C@]1(C)O.O=C1c2ccccc2C(=O)N1CBr. The van der Waals surface area contributed by atoms with Gasteiger partial charge >= 0.3 is 5.97 Å². The number of imide groups is 1. The predicted molar refractivity (Wildman–Crippen MR) is 246 cm³/mol. The average Bonchev–Trinajstić information content (AvgIpc) is 3.52. The van der Waals surface area contributed by atoms with Crippen molar-refractivity contribution in [3.05, 3.63) is 35.4 Å². The highest BCUT2D eigenvalue weighted by Crippen LogP contribution is 2.41. The lowest BCUT2D eigenvalue weighted by molar-refractivity contribution is -0.329. The van der Waals surface area contributed by atoms with Crippen molar-refractivity contribution in [3.8, 4) is 0 Å². The molecule has 7 N–H and O–H groups in total. The molecule has 0 spiro atoms. The van der Waals surface area contributed by atoms with Gasteiger partial charge in [-0.1, -0.05) is 55.8 Å². The number of carbonyl (C=O) groups excluding carboxylic acids is 4. The number of cyclic esters (lactones) is 1. The number of esters is 1. The fourth-order valence-corrected chi connectivity index (χ4v) is 10.6. The molecule has 5 rings (SSSR count). The number of fused-ring (bicyclic) bond motifs is 1. The zero-order valence-electron chi connectivity index (χ0n) is 41.2. The third-order valence-electron chi connectivity index (χ3n) is 14.2. The van der Waals surface area contributed by atoms with Crippen molar-refractivity contribution in [3.63, 3.8) is 0 Å². The van der Waals surface area contributed by atoms with E-state index < -0.39 is 126 Å². The number of likely N-dealkylation sites (N-methyl/N-ethyl adjacent to an activating group) is 1. The second-order valence-electron chi connectivity index (χ2n) is 19.6. The van der Waals surface area contributed by atoms with Crippen LogP contribution in [0.4, 0.5) is 0 Å². The van der Waals surface area contributed by atoms with E-state index in [4.69, 9.17) is 38.9 Å². The molecule has 3 fully saturated rings. The zero-order chi connectivity index (χ0) is 50.7. The third-order valence-corrected chi connectivity index (χ3v) is 14.7. The number of hydrogen-bond donors (Lipinski definition) is 6. The lowest BCUT2D eigenvalue weighted by Gasteiger charge is -2.50. The van der Waals surface area contributed by atoms with Gasteiger partial charge in [0.1, 0.15) is 35.8 Å². The second kappa shape index (κ2) is 23.1. The smallest absolute Gasteiger partial charge is 0.311 e. The number of aliphatic hydroxyl groups excluding tert-OH is 3. The monoisotopic (exact) mass is 1020 g/mol. The first-order valence-electron chi connectivity index (χ1n) is 23.0. The van der Waals surface area contributed by atoms with Gasteiger partial charge < -0.3 is 69.3 Å². The van der Waals surface area contributed by atoms with E-state index in [0.717, 1.165) is 0 Å². The molecule has 0 radical (unpaired) electrons. The summed E-state index contributed by atoms with van der Waals surface area (Å²) in [5.41, 5.74) is 2.01. The average molecular weight is 1020 g/mol. The quantitative estimate of drug-likeness (QED) is 0.0646. The molecule has 19 atom stereocenters. The lowest BCUT2D eigenvalue weighted by Crippen LogP contribution is -2.65. The molecule has 1 aromatic carbocycles. The highest BCUT2D eigenvalue weighted by atomic mass is 79.9. The van der Waals surface area contributed by atoms with Gasteiger partial charge in [-0.25, -0.2) is 0 Å². The number of alkyl halides is 1. The molecule has 0 saturated carbocycles. The molecule has 19 nitrogen and oxygen atoms in total. The standard InChI is InChI=1S/C38H70N2O14.C9H6BrNO2/c1-14-24-38(10,47)31(43)19(3)27(41)18(2)15-36(8,46)33(54-35-28(42)26(40(11)12)30(49-17-39)22(6)51-35)20(4)29(21(5)34(45)52-24)53-25-16-37(9,48-13)32(44)23(7)50-25;10-5-11-8(12)6-3-1-2-4-7(6)9(11)13/h18-26,28-33,35,42-44,46-47H,14-17,39H2,1-13H3;1-4H,5H2/t18-,19+,20+,21-,22-,23+,24-,25+,26-,28-,29+,30-,31-,32+,33-,35+,36-,37-,38-;/m1./s1. The number of carbonyl (C=O) groups is 4. The van der Waals surface area contributed by atoms with E-state index in [2.05, 4.69) is 15.9 Å². The largest absolute Gasteiger partial charge is 0.459 e. The van der Waals surface area contributed by atoms with Crippen LogP contribution < -0.4 is 5.73 Å². The number of nitrogens with zero attached hydrogens (tertiary/aromatic N) is 2. The van der Waals surface area contributed by atoms with Crippen molar-refractivity contribution in [1.29, 1.82) is 0 Å². The van der Waals surface area contributed by atoms with Crippen LogP contribution in [0.15, 0.2) is 24.3 Å². The van der Waals surface area contributed by atoms with E-state index in [0.29, 0.717) is 11.1 Å². The number of hydrogen-bond acceptors (Lipinski definition) is 18. The van der Waals surface area contributed by atoms with Gasteiger partial charge in [-0.2, -0.15) is 0 Å². The minimum atomic E-state index is -2.02. The number of amides is 2. The number of benzene rings is 1. The number of nitrogens with two attached hydrogens (primary N) is 1. The van der Waals surface area contributed by atoms with E-state index in [1.165, 1.54) is 32.8 Å². The van der Waals surface area contributed by atoms with Crippen molar-refractivity contribution >= 4 is 39.5 Å². The lowest BCUT2D eigenvalue weighted by atomic mass is 9.74. The van der Waals surface area contributed by atoms with Gasteiger partial charge in [-0.15, -0.1) is 0 Å². The molecule has 0 bridgehead atoms. The number of Topliss-reactive ketones (excluding diaryl/α,β-unsaturated/α-hetero) is 1. The molecule has 0 aliphatic carbocycles. The van der Waals surface area contributed by atoms with Crippen LogP contribution >= 0.6 is 15.9 Å². The first kappa shape index (κ1) is 57.0. The topological polar surface area (TPSA) is 267 Å². The fourth-order valence-electron chi connectivity index (χ4n) is 10.2. The molecule has 67 heavy (non-hydrogen) atoms. The molecule has 4 aliphatic heterocycles. The fraction of sp³-hybridized carbons (Fsp3) is 0.787. The maximum absolute atomic E-state index is 14.1. The van der Waals surface area contributed by atoms with Gasteiger partial charge in [0, 0.05) is 31.3 Å². The minimum absolute atomic E-state index is 0.0683. The molecule has 4 aliphatic rings. The van der Waals surface area contributed by atoms with Gasteiger partial charge in [0.15, 0.2) is 12.6 Å². The van der Waals surface area contributed by atoms with Crippen LogP contribution in [0.3, 0.4) is 0 Å². The summed E-state index contributed by atoms with van der Waals surface area (Å²) in [7, 11) is 5.01. The maximum Gasteiger partial charge on any atom is 0.311 e. The van der Waals surface area contributed by atoms with Gasteiger partial charge in [-0.05, 0) is 80.6 Å². The molecule has 20 heteroatoms. The number of ketones is 1. The van der Waals surface area contributed by atoms with Crippen LogP contribution in [-0.4, -0.2) is 183 Å². The first-order valence-corrected chi connectivity index (χ1v) is 24.2. The molecule has 1 aromatic rings. The molecule has 382 valence electrons. The number of aliphatic hydroxyl groups is 5.